The Kier molecular flexibility index (Phi) is 9.92. The Labute approximate surface area is 334 Å². The molecule has 6 N–H and O–H groups in total. The lowest BCUT2D eigenvalue weighted by Crippen LogP contribution is -2.52. The predicted octanol–water partition coefficient (Wildman–Crippen LogP) is 4.43. The van der Waals surface area contributed by atoms with Crippen LogP contribution in [0.2, 0.25) is 0 Å². The second kappa shape index (κ2) is 15.2. The maximum Gasteiger partial charge on any atom is 0.407 e. The van der Waals surface area contributed by atoms with Gasteiger partial charge in [-0.15, -0.1) is 0 Å². The summed E-state index contributed by atoms with van der Waals surface area (Å²) in [5, 5.41) is 25.0. The van der Waals surface area contributed by atoms with E-state index in [0.29, 0.717) is 23.5 Å². The number of aliphatic hydroxyl groups is 2. The van der Waals surface area contributed by atoms with Gasteiger partial charge in [0, 0.05) is 23.2 Å². The molecule has 4 amide bonds. The first-order valence-electron chi connectivity index (χ1n) is 20.2. The molecule has 16 heteroatoms. The molecule has 2 saturated carbocycles. The highest BCUT2D eigenvalue weighted by atomic mass is 16.5. The molecule has 4 fully saturated rings. The smallest absolute Gasteiger partial charge is 0.407 e. The fourth-order valence-electron chi connectivity index (χ4n) is 10.4. The summed E-state index contributed by atoms with van der Waals surface area (Å²) < 4.78 is 9.38. The molecule has 5 aliphatic rings. The van der Waals surface area contributed by atoms with E-state index in [9.17, 15) is 29.4 Å². The normalized spacial score (nSPS) is 24.9. The van der Waals surface area contributed by atoms with E-state index in [1.807, 2.05) is 9.80 Å². The molecule has 4 heterocycles. The molecule has 58 heavy (non-hydrogen) atoms. The van der Waals surface area contributed by atoms with E-state index in [1.165, 1.54) is 14.2 Å². The van der Waals surface area contributed by atoms with Crippen LogP contribution in [0.4, 0.5) is 9.59 Å². The largest absolute Gasteiger partial charge is 0.453 e. The van der Waals surface area contributed by atoms with E-state index >= 15 is 0 Å². The van der Waals surface area contributed by atoms with Gasteiger partial charge >= 0.3 is 12.2 Å². The number of aromatic nitrogens is 4. The number of imidazole rings is 2. The Morgan fingerprint density at radius 2 is 1.12 bits per heavy atom. The first-order valence-corrected chi connectivity index (χ1v) is 20.2. The van der Waals surface area contributed by atoms with E-state index in [0.717, 1.165) is 96.1 Å². The molecule has 2 saturated heterocycles. The van der Waals surface area contributed by atoms with E-state index in [1.54, 1.807) is 12.4 Å². The molecule has 2 aromatic heterocycles. The topological polar surface area (TPSA) is 215 Å². The fraction of sp³-hybridized carbons (Fsp3) is 0.476. The first kappa shape index (κ1) is 37.8. The van der Waals surface area contributed by atoms with Gasteiger partial charge in [0.25, 0.3) is 0 Å². The van der Waals surface area contributed by atoms with Crippen LogP contribution >= 0.6 is 0 Å². The average Bonchev–Trinajstić information content (AvgIpc) is 4.09. The molecule has 8 atom stereocenters. The molecule has 4 aromatic rings. The summed E-state index contributed by atoms with van der Waals surface area (Å²) in [6, 6.07) is 9.84. The third-order valence-corrected chi connectivity index (χ3v) is 13.2. The van der Waals surface area contributed by atoms with Gasteiger partial charge in [-0.05, 0) is 84.7 Å². The van der Waals surface area contributed by atoms with Gasteiger partial charge in [0.05, 0.1) is 63.3 Å². The Balaban J connectivity index is 0.920. The molecule has 2 aromatic carbocycles. The van der Waals surface area contributed by atoms with Gasteiger partial charge in [-0.25, -0.2) is 19.6 Å². The molecule has 2 aliphatic heterocycles. The number of fused-ring (bicyclic) bond motifs is 6. The summed E-state index contributed by atoms with van der Waals surface area (Å²) in [6.07, 6.45) is 9.41. The number of hydrogen-bond donors (Lipinski definition) is 6. The SMILES string of the molecule is COC(=O)N[C@@H](CO)C(=O)N1[C@H](c2ncc(-c3ccc4c(c3)-c3ccc(-c5cnc([C@@H]6C[C@@H]7CCC[C@@H]7N6C(=O)[C@H](CO)NC(=O)OC)[nH]5)cc3-4)[nH]2)C[C@@H]2CCC[C@@H]21. The van der Waals surface area contributed by atoms with E-state index < -0.39 is 37.5 Å². The first-order chi connectivity index (χ1) is 28.2. The molecule has 0 radical (unpaired) electrons. The maximum atomic E-state index is 13.8. The van der Waals surface area contributed by atoms with Gasteiger partial charge in [0.15, 0.2) is 0 Å². The number of carbonyl (C=O) groups excluding carboxylic acids is 4. The van der Waals surface area contributed by atoms with Crippen LogP contribution in [0.1, 0.15) is 75.1 Å². The summed E-state index contributed by atoms with van der Waals surface area (Å²) in [4.78, 5) is 71.6. The third kappa shape index (κ3) is 6.38. The summed E-state index contributed by atoms with van der Waals surface area (Å²) in [6.45, 7) is -1.07. The molecule has 0 bridgehead atoms. The molecular formula is C42H48N8O8. The summed E-state index contributed by atoms with van der Waals surface area (Å²) in [5.74, 6) is 1.33. The van der Waals surface area contributed by atoms with Crippen LogP contribution in [-0.4, -0.2) is 116 Å². The maximum absolute atomic E-state index is 13.8. The third-order valence-electron chi connectivity index (χ3n) is 13.2. The standard InChI is InChI=1S/C42H48N8O8/c1-57-41(55)47-31(19-51)39(53)49-33-7-3-5-23(33)15-35(49)37-43-17-29(45-37)21-9-11-25-27(13-21)26-12-10-22(14-28(25)26)30-18-44-38(46-30)36-16-24-6-4-8-34(24)50(36)40(54)32(20-52)48-42(56)58-2/h9-14,17-18,23-24,31-36,51-52H,3-8,15-16,19-20H2,1-2H3,(H,43,45)(H,44,46)(H,47,55)(H,48,56)/t23-,24-,31-,32-,33-,34-,35-,36-/m0/s1. The van der Waals surface area contributed by atoms with Gasteiger partial charge in [-0.1, -0.05) is 37.1 Å². The van der Waals surface area contributed by atoms with Crippen LogP contribution in [0.5, 0.6) is 0 Å². The van der Waals surface area contributed by atoms with E-state index in [4.69, 9.17) is 19.4 Å². The van der Waals surface area contributed by atoms with Crippen molar-refractivity contribution in [2.75, 3.05) is 27.4 Å². The molecule has 3 aliphatic carbocycles. The van der Waals surface area contributed by atoms with Crippen molar-refractivity contribution < 1.29 is 38.9 Å². The number of likely N-dealkylation sites (tertiary alicyclic amines) is 2. The number of ether oxygens (including phenoxy) is 2. The van der Waals surface area contributed by atoms with Crippen molar-refractivity contribution >= 4 is 24.0 Å². The highest BCUT2D eigenvalue weighted by molar-refractivity contribution is 6.04. The number of hydrogen-bond acceptors (Lipinski definition) is 10. The number of nitrogens with one attached hydrogen (secondary N) is 4. The van der Waals surface area contributed by atoms with Crippen molar-refractivity contribution in [2.45, 2.75) is 87.6 Å². The Morgan fingerprint density at radius 1 is 0.690 bits per heavy atom. The number of nitrogens with zero attached hydrogens (tertiary/aromatic N) is 4. The number of alkyl carbamates (subject to hydrolysis) is 2. The zero-order valence-electron chi connectivity index (χ0n) is 32.4. The minimum atomic E-state index is -1.11. The van der Waals surface area contributed by atoms with Crippen molar-refractivity contribution in [3.8, 4) is 44.8 Å². The quantitative estimate of drug-likeness (QED) is 0.117. The monoisotopic (exact) mass is 792 g/mol. The zero-order chi connectivity index (χ0) is 40.2. The molecule has 304 valence electrons. The van der Waals surface area contributed by atoms with Gasteiger partial charge < -0.3 is 50.1 Å². The molecule has 0 unspecified atom stereocenters. The minimum absolute atomic E-state index is 0.0218. The average molecular weight is 793 g/mol. The minimum Gasteiger partial charge on any atom is -0.453 e. The number of methoxy groups -OCH3 is 2. The molecule has 0 spiro atoms. The number of benzene rings is 2. The van der Waals surface area contributed by atoms with Crippen molar-refractivity contribution in [2.24, 2.45) is 11.8 Å². The van der Waals surface area contributed by atoms with Crippen LogP contribution in [-0.2, 0) is 19.1 Å². The lowest BCUT2D eigenvalue weighted by molar-refractivity contribution is -0.138. The number of aromatic amines is 2. The summed E-state index contributed by atoms with van der Waals surface area (Å²) >= 11 is 0. The van der Waals surface area contributed by atoms with E-state index in [-0.39, 0.29) is 36.0 Å². The second-order valence-corrected chi connectivity index (χ2v) is 16.1. The summed E-state index contributed by atoms with van der Waals surface area (Å²) in [5.41, 5.74) is 8.10. The number of aliphatic hydroxyl groups excluding tert-OH is 2. The number of carbonyl (C=O) groups is 4. The van der Waals surface area contributed by atoms with Crippen LogP contribution < -0.4 is 10.6 Å². The van der Waals surface area contributed by atoms with E-state index in [2.05, 4.69) is 57.0 Å². The molecule has 16 nitrogen and oxygen atoms in total. The second-order valence-electron chi connectivity index (χ2n) is 16.1. The molecule has 9 rings (SSSR count). The number of H-pyrrole nitrogens is 2. The van der Waals surface area contributed by atoms with Crippen molar-refractivity contribution in [1.82, 2.24) is 40.4 Å². The van der Waals surface area contributed by atoms with Gasteiger partial charge in [0.1, 0.15) is 23.7 Å². The lowest BCUT2D eigenvalue weighted by atomic mass is 9.78. The predicted molar refractivity (Wildman–Crippen MR) is 210 cm³/mol. The van der Waals surface area contributed by atoms with Crippen LogP contribution in [0.3, 0.4) is 0 Å². The van der Waals surface area contributed by atoms with Crippen LogP contribution in [0.25, 0.3) is 44.8 Å². The zero-order valence-corrected chi connectivity index (χ0v) is 32.4. The number of rotatable bonds is 10. The Bertz CT molecular complexity index is 2080. The Hall–Kier alpha value is -5.74. The van der Waals surface area contributed by atoms with Gasteiger partial charge in [0.2, 0.25) is 11.8 Å². The molecular weight excluding hydrogens is 745 g/mol. The fourth-order valence-corrected chi connectivity index (χ4v) is 10.4. The number of amides is 4. The summed E-state index contributed by atoms with van der Waals surface area (Å²) in [7, 11) is 2.44. The van der Waals surface area contributed by atoms with Crippen molar-refractivity contribution in [3.63, 3.8) is 0 Å². The Morgan fingerprint density at radius 3 is 1.52 bits per heavy atom. The van der Waals surface area contributed by atoms with Crippen molar-refractivity contribution in [3.05, 3.63) is 60.4 Å². The lowest BCUT2D eigenvalue weighted by Gasteiger charge is -2.32. The van der Waals surface area contributed by atoms with Gasteiger partial charge in [-0.2, -0.15) is 0 Å². The van der Waals surface area contributed by atoms with Crippen molar-refractivity contribution in [1.29, 1.82) is 0 Å². The van der Waals surface area contributed by atoms with Crippen LogP contribution in [0, 0.1) is 11.8 Å². The highest BCUT2D eigenvalue weighted by Crippen LogP contribution is 2.51. The highest BCUT2D eigenvalue weighted by Gasteiger charge is 2.50. The van der Waals surface area contributed by atoms with Crippen LogP contribution in [0.15, 0.2) is 48.8 Å². The van der Waals surface area contributed by atoms with Gasteiger partial charge in [-0.3, -0.25) is 9.59 Å².